The van der Waals surface area contributed by atoms with E-state index < -0.39 is 5.97 Å². The van der Waals surface area contributed by atoms with Crippen LogP contribution in [0.25, 0.3) is 0 Å². The van der Waals surface area contributed by atoms with Crippen LogP contribution in [0.15, 0.2) is 0 Å². The molecule has 0 aliphatic carbocycles. The highest BCUT2D eigenvalue weighted by atomic mass is 16.4. The van der Waals surface area contributed by atoms with Gasteiger partial charge in [-0.25, -0.2) is 0 Å². The second-order valence-corrected chi connectivity index (χ2v) is 6.68. The first kappa shape index (κ1) is 21.9. The van der Waals surface area contributed by atoms with Crippen molar-refractivity contribution in [2.24, 2.45) is 0 Å². The molecule has 0 aromatic rings. The van der Waals surface area contributed by atoms with Crippen LogP contribution in [0.2, 0.25) is 0 Å². The summed E-state index contributed by atoms with van der Waals surface area (Å²) in [5.74, 6) is -0.558. The highest BCUT2D eigenvalue weighted by Crippen LogP contribution is 2.14. The van der Waals surface area contributed by atoms with Crippen LogP contribution >= 0.6 is 0 Å². The van der Waals surface area contributed by atoms with Crippen molar-refractivity contribution in [2.45, 2.75) is 104 Å². The molecule has 0 heterocycles. The molecule has 0 radical (unpaired) electrons. The van der Waals surface area contributed by atoms with Gasteiger partial charge in [-0.3, -0.25) is 9.59 Å². The van der Waals surface area contributed by atoms with Crippen LogP contribution in [-0.2, 0) is 9.59 Å². The minimum atomic E-state index is -0.720. The molecule has 0 saturated carbocycles. The number of carbonyl (C=O) groups excluding carboxylic acids is 1. The Morgan fingerprint density at radius 1 is 0.913 bits per heavy atom. The molecule has 0 saturated heterocycles. The fraction of sp³-hybridized carbons (Fsp3) is 0.895. The van der Waals surface area contributed by atoms with Crippen molar-refractivity contribution in [3.8, 4) is 0 Å². The maximum Gasteiger partial charge on any atom is 0.303 e. The first-order valence-corrected chi connectivity index (χ1v) is 9.48. The van der Waals surface area contributed by atoms with Crippen LogP contribution in [0.3, 0.4) is 0 Å². The number of nitrogens with zero attached hydrogens (tertiary/aromatic N) is 1. The van der Waals surface area contributed by atoms with Gasteiger partial charge in [-0.05, 0) is 26.2 Å². The third-order valence-electron chi connectivity index (χ3n) is 4.45. The minimum Gasteiger partial charge on any atom is -0.481 e. The summed E-state index contributed by atoms with van der Waals surface area (Å²) in [6, 6.07) is 0.317. The van der Waals surface area contributed by atoms with Gasteiger partial charge in [-0.1, -0.05) is 58.3 Å². The van der Waals surface area contributed by atoms with Gasteiger partial charge in [0, 0.05) is 25.9 Å². The van der Waals surface area contributed by atoms with Crippen molar-refractivity contribution in [1.82, 2.24) is 4.90 Å². The largest absolute Gasteiger partial charge is 0.481 e. The zero-order chi connectivity index (χ0) is 17.5. The zero-order valence-corrected chi connectivity index (χ0v) is 15.5. The summed E-state index contributed by atoms with van der Waals surface area (Å²) in [4.78, 5) is 24.3. The van der Waals surface area contributed by atoms with Gasteiger partial charge in [-0.15, -0.1) is 0 Å². The molecule has 0 rings (SSSR count). The van der Waals surface area contributed by atoms with Gasteiger partial charge < -0.3 is 10.0 Å². The minimum absolute atomic E-state index is 0.161. The summed E-state index contributed by atoms with van der Waals surface area (Å²) in [5, 5.41) is 8.60. The molecule has 0 bridgehead atoms. The molecule has 0 aromatic heterocycles. The van der Waals surface area contributed by atoms with Crippen LogP contribution in [0.5, 0.6) is 0 Å². The number of hydrogen-bond acceptors (Lipinski definition) is 2. The second-order valence-electron chi connectivity index (χ2n) is 6.68. The van der Waals surface area contributed by atoms with E-state index in [1.54, 1.807) is 6.92 Å². The van der Waals surface area contributed by atoms with E-state index in [-0.39, 0.29) is 12.3 Å². The van der Waals surface area contributed by atoms with Crippen molar-refractivity contribution < 1.29 is 14.7 Å². The molecule has 0 fully saturated rings. The first-order chi connectivity index (χ1) is 11.0. The van der Waals surface area contributed by atoms with Gasteiger partial charge in [0.15, 0.2) is 0 Å². The Hall–Kier alpha value is -1.06. The lowest BCUT2D eigenvalue weighted by atomic mass is 10.0. The molecule has 0 spiro atoms. The van der Waals surface area contributed by atoms with Crippen LogP contribution in [-0.4, -0.2) is 34.5 Å². The Balaban J connectivity index is 3.81. The SMILES string of the molecule is CCCCCCCC[C@H](C)N(CCCCCCC(=O)O)C(C)=O. The van der Waals surface area contributed by atoms with Gasteiger partial charge in [0.05, 0.1) is 0 Å². The lowest BCUT2D eigenvalue weighted by Gasteiger charge is -2.28. The summed E-state index contributed by atoms with van der Waals surface area (Å²) >= 11 is 0. The highest BCUT2D eigenvalue weighted by molar-refractivity contribution is 5.73. The lowest BCUT2D eigenvalue weighted by molar-refractivity contribution is -0.137. The standard InChI is InChI=1S/C19H37NO3/c1-4-5-6-7-8-11-14-17(2)20(18(3)21)16-13-10-9-12-15-19(22)23/h17H,4-16H2,1-3H3,(H,22,23)/t17-/m0/s1. The van der Waals surface area contributed by atoms with Crippen molar-refractivity contribution >= 4 is 11.9 Å². The van der Waals surface area contributed by atoms with Crippen molar-refractivity contribution in [2.75, 3.05) is 6.54 Å². The van der Waals surface area contributed by atoms with E-state index >= 15 is 0 Å². The summed E-state index contributed by atoms with van der Waals surface area (Å²) in [7, 11) is 0. The summed E-state index contributed by atoms with van der Waals surface area (Å²) in [5.41, 5.74) is 0. The average Bonchev–Trinajstić information content (AvgIpc) is 2.49. The molecule has 1 N–H and O–H groups in total. The Labute approximate surface area is 142 Å². The van der Waals surface area contributed by atoms with E-state index in [0.717, 1.165) is 38.6 Å². The van der Waals surface area contributed by atoms with Gasteiger partial charge in [0.2, 0.25) is 5.91 Å². The molecular weight excluding hydrogens is 290 g/mol. The molecule has 1 amide bonds. The van der Waals surface area contributed by atoms with E-state index in [1.807, 2.05) is 4.90 Å². The predicted octanol–water partition coefficient (Wildman–Crippen LogP) is 5.01. The number of unbranched alkanes of at least 4 members (excludes halogenated alkanes) is 8. The quantitative estimate of drug-likeness (QED) is 0.430. The zero-order valence-electron chi connectivity index (χ0n) is 15.5. The molecule has 0 unspecified atom stereocenters. The number of hydrogen-bond donors (Lipinski definition) is 1. The summed E-state index contributed by atoms with van der Waals surface area (Å²) in [6.07, 6.45) is 12.7. The molecular formula is C19H37NO3. The molecule has 23 heavy (non-hydrogen) atoms. The van der Waals surface area contributed by atoms with Crippen molar-refractivity contribution in [1.29, 1.82) is 0 Å². The third kappa shape index (κ3) is 13.1. The average molecular weight is 328 g/mol. The molecule has 4 heteroatoms. The van der Waals surface area contributed by atoms with E-state index in [9.17, 15) is 9.59 Å². The monoisotopic (exact) mass is 327 g/mol. The lowest BCUT2D eigenvalue weighted by Crippen LogP contribution is -2.37. The van der Waals surface area contributed by atoms with E-state index in [0.29, 0.717) is 6.04 Å². The summed E-state index contributed by atoms with van der Waals surface area (Å²) in [6.45, 7) is 6.84. The fourth-order valence-corrected chi connectivity index (χ4v) is 2.98. The fourth-order valence-electron chi connectivity index (χ4n) is 2.98. The third-order valence-corrected chi connectivity index (χ3v) is 4.45. The van der Waals surface area contributed by atoms with Gasteiger partial charge in [0.25, 0.3) is 0 Å². The Morgan fingerprint density at radius 3 is 2.09 bits per heavy atom. The van der Waals surface area contributed by atoms with Gasteiger partial charge in [-0.2, -0.15) is 0 Å². The molecule has 0 aliphatic rings. The van der Waals surface area contributed by atoms with E-state index in [2.05, 4.69) is 13.8 Å². The van der Waals surface area contributed by atoms with Gasteiger partial charge >= 0.3 is 5.97 Å². The number of amides is 1. The number of carboxylic acid groups (broad SMARTS) is 1. The highest BCUT2D eigenvalue weighted by Gasteiger charge is 2.15. The van der Waals surface area contributed by atoms with Crippen LogP contribution < -0.4 is 0 Å². The van der Waals surface area contributed by atoms with Crippen LogP contribution in [0, 0.1) is 0 Å². The second kappa shape index (κ2) is 14.5. The maximum absolute atomic E-state index is 11.8. The van der Waals surface area contributed by atoms with E-state index in [4.69, 9.17) is 5.11 Å². The normalized spacial score (nSPS) is 12.1. The number of aliphatic carboxylic acids is 1. The first-order valence-electron chi connectivity index (χ1n) is 9.48. The Kier molecular flexibility index (Phi) is 13.9. The van der Waals surface area contributed by atoms with Gasteiger partial charge in [0.1, 0.15) is 0 Å². The molecule has 0 aromatic carbocycles. The topological polar surface area (TPSA) is 57.6 Å². The van der Waals surface area contributed by atoms with Crippen molar-refractivity contribution in [3.05, 3.63) is 0 Å². The van der Waals surface area contributed by atoms with Crippen LogP contribution in [0.1, 0.15) is 97.8 Å². The maximum atomic E-state index is 11.8. The van der Waals surface area contributed by atoms with Crippen LogP contribution in [0.4, 0.5) is 0 Å². The Morgan fingerprint density at radius 2 is 1.48 bits per heavy atom. The Bertz CT molecular complexity index is 318. The van der Waals surface area contributed by atoms with Crippen molar-refractivity contribution in [3.63, 3.8) is 0 Å². The smallest absolute Gasteiger partial charge is 0.303 e. The van der Waals surface area contributed by atoms with E-state index in [1.165, 1.54) is 38.5 Å². The number of carboxylic acids is 1. The summed E-state index contributed by atoms with van der Waals surface area (Å²) < 4.78 is 0. The molecule has 136 valence electrons. The molecule has 0 aliphatic heterocycles. The molecule has 1 atom stereocenters. The predicted molar refractivity (Wildman–Crippen MR) is 95.6 cm³/mol. The number of carbonyl (C=O) groups is 2. The molecule has 4 nitrogen and oxygen atoms in total. The number of rotatable bonds is 15.